The molecule has 4 rings (SSSR count). The van der Waals surface area contributed by atoms with Crippen molar-refractivity contribution in [2.24, 2.45) is 0 Å². The van der Waals surface area contributed by atoms with Crippen LogP contribution in [0.25, 0.3) is 0 Å². The van der Waals surface area contributed by atoms with Gasteiger partial charge in [-0.1, -0.05) is 121 Å². The fourth-order valence-corrected chi connectivity index (χ4v) is 4.97. The molecular formula is C32H32N2O3. The van der Waals surface area contributed by atoms with Gasteiger partial charge in [-0.25, -0.2) is 0 Å². The van der Waals surface area contributed by atoms with Crippen molar-refractivity contribution in [3.63, 3.8) is 0 Å². The van der Waals surface area contributed by atoms with Gasteiger partial charge in [0.2, 0.25) is 11.8 Å². The monoisotopic (exact) mass is 492 g/mol. The normalized spacial score (nSPS) is 11.9. The number of carbonyl (C=O) groups excluding carboxylic acids is 2. The highest BCUT2D eigenvalue weighted by molar-refractivity contribution is 5.88. The Balaban J connectivity index is 1.92. The van der Waals surface area contributed by atoms with Crippen LogP contribution in [-0.4, -0.2) is 36.5 Å². The zero-order chi connectivity index (χ0) is 26.1. The molecule has 4 aromatic carbocycles. The lowest BCUT2D eigenvalue weighted by atomic mass is 9.74. The average molecular weight is 493 g/mol. The molecule has 0 fully saturated rings. The van der Waals surface area contributed by atoms with Crippen LogP contribution in [0.3, 0.4) is 0 Å². The fraction of sp³-hybridized carbons (Fsp3) is 0.188. The summed E-state index contributed by atoms with van der Waals surface area (Å²) in [6.45, 7) is 1.89. The van der Waals surface area contributed by atoms with E-state index in [1.54, 1.807) is 12.0 Å². The zero-order valence-corrected chi connectivity index (χ0v) is 21.2. The van der Waals surface area contributed by atoms with Gasteiger partial charge in [-0.15, -0.1) is 0 Å². The standard InChI is InChI=1S/C32H32N2O3/c1-25(35)34(30(24-37-2)31(36)33-23-26-15-7-3-8-16-26)32(27-17-9-4-10-18-27,28-19-11-5-12-20-28)29-21-13-6-14-22-29/h3-22,30H,23-24H2,1-2H3,(H,33,36). The smallest absolute Gasteiger partial charge is 0.245 e. The van der Waals surface area contributed by atoms with Crippen LogP contribution in [0, 0.1) is 0 Å². The molecule has 0 radical (unpaired) electrons. The summed E-state index contributed by atoms with van der Waals surface area (Å²) in [5.41, 5.74) is 2.52. The first-order chi connectivity index (χ1) is 18.1. The molecule has 0 aliphatic carbocycles. The summed E-state index contributed by atoms with van der Waals surface area (Å²) in [5.74, 6) is -0.526. The quantitative estimate of drug-likeness (QED) is 0.311. The molecule has 1 N–H and O–H groups in total. The topological polar surface area (TPSA) is 58.6 Å². The van der Waals surface area contributed by atoms with Gasteiger partial charge in [-0.2, -0.15) is 0 Å². The highest BCUT2D eigenvalue weighted by Gasteiger charge is 2.48. The highest BCUT2D eigenvalue weighted by atomic mass is 16.5. The van der Waals surface area contributed by atoms with Crippen LogP contribution in [0.1, 0.15) is 29.2 Å². The highest BCUT2D eigenvalue weighted by Crippen LogP contribution is 2.43. The van der Waals surface area contributed by atoms with E-state index in [0.29, 0.717) is 6.54 Å². The Kier molecular flexibility index (Phi) is 8.49. The SMILES string of the molecule is COCC(C(=O)NCc1ccccc1)N(C(C)=O)C(c1ccccc1)(c1ccccc1)c1ccccc1. The molecule has 1 atom stereocenters. The summed E-state index contributed by atoms with van der Waals surface area (Å²) in [7, 11) is 1.55. The van der Waals surface area contributed by atoms with Gasteiger partial charge in [0.1, 0.15) is 11.6 Å². The minimum Gasteiger partial charge on any atom is -0.382 e. The summed E-state index contributed by atoms with van der Waals surface area (Å²) >= 11 is 0. The maximum absolute atomic E-state index is 13.8. The minimum atomic E-state index is -1.08. The molecule has 188 valence electrons. The lowest BCUT2D eigenvalue weighted by Gasteiger charge is -2.48. The van der Waals surface area contributed by atoms with Crippen LogP contribution in [-0.2, 0) is 26.4 Å². The van der Waals surface area contributed by atoms with Crippen LogP contribution in [0.4, 0.5) is 0 Å². The number of amides is 2. The van der Waals surface area contributed by atoms with Crippen molar-refractivity contribution in [1.29, 1.82) is 0 Å². The molecule has 5 heteroatoms. The second-order valence-electron chi connectivity index (χ2n) is 8.87. The van der Waals surface area contributed by atoms with Gasteiger partial charge in [-0.3, -0.25) is 9.59 Å². The van der Waals surface area contributed by atoms with Crippen molar-refractivity contribution in [1.82, 2.24) is 10.2 Å². The van der Waals surface area contributed by atoms with Crippen LogP contribution in [0.15, 0.2) is 121 Å². The molecule has 0 spiro atoms. The lowest BCUT2D eigenvalue weighted by molar-refractivity contribution is -0.146. The van der Waals surface area contributed by atoms with Gasteiger partial charge in [0.25, 0.3) is 0 Å². The molecule has 1 unspecified atom stereocenters. The van der Waals surface area contributed by atoms with E-state index in [0.717, 1.165) is 22.3 Å². The van der Waals surface area contributed by atoms with Crippen molar-refractivity contribution < 1.29 is 14.3 Å². The summed E-state index contributed by atoms with van der Waals surface area (Å²) in [4.78, 5) is 29.2. The first-order valence-corrected chi connectivity index (χ1v) is 12.4. The van der Waals surface area contributed by atoms with E-state index >= 15 is 0 Å². The molecule has 0 aromatic heterocycles. The fourth-order valence-electron chi connectivity index (χ4n) is 4.97. The van der Waals surface area contributed by atoms with Gasteiger partial charge in [0, 0.05) is 20.6 Å². The van der Waals surface area contributed by atoms with Crippen LogP contribution in [0.2, 0.25) is 0 Å². The van der Waals surface area contributed by atoms with Crippen LogP contribution < -0.4 is 5.32 Å². The van der Waals surface area contributed by atoms with E-state index in [1.165, 1.54) is 6.92 Å². The third-order valence-electron chi connectivity index (χ3n) is 6.52. The number of nitrogens with one attached hydrogen (secondary N) is 1. The number of carbonyl (C=O) groups is 2. The molecule has 5 nitrogen and oxygen atoms in total. The second-order valence-corrected chi connectivity index (χ2v) is 8.87. The molecule has 0 saturated carbocycles. The van der Waals surface area contributed by atoms with E-state index in [2.05, 4.69) is 5.32 Å². The summed E-state index contributed by atoms with van der Waals surface area (Å²) in [5, 5.41) is 3.03. The van der Waals surface area contributed by atoms with Gasteiger partial charge < -0.3 is 15.0 Å². The predicted molar refractivity (Wildman–Crippen MR) is 146 cm³/mol. The minimum absolute atomic E-state index is 0.0362. The van der Waals surface area contributed by atoms with E-state index in [-0.39, 0.29) is 18.4 Å². The average Bonchev–Trinajstić information content (AvgIpc) is 2.95. The maximum Gasteiger partial charge on any atom is 0.245 e. The summed E-state index contributed by atoms with van der Waals surface area (Å²) in [6, 6.07) is 38.4. The van der Waals surface area contributed by atoms with E-state index in [1.807, 2.05) is 121 Å². The second kappa shape index (κ2) is 12.2. The molecule has 2 amide bonds. The Morgan fingerprint density at radius 2 is 1.14 bits per heavy atom. The van der Waals surface area contributed by atoms with Gasteiger partial charge in [0.05, 0.1) is 6.61 Å². The molecule has 4 aromatic rings. The number of methoxy groups -OCH3 is 1. The molecule has 37 heavy (non-hydrogen) atoms. The van der Waals surface area contributed by atoms with Crippen molar-refractivity contribution in [2.45, 2.75) is 25.0 Å². The molecule has 0 aliphatic heterocycles. The summed E-state index contributed by atoms with van der Waals surface area (Å²) in [6.07, 6.45) is 0. The lowest BCUT2D eigenvalue weighted by Crippen LogP contribution is -2.60. The molecular weight excluding hydrogens is 460 g/mol. The third kappa shape index (κ3) is 5.47. The van der Waals surface area contributed by atoms with Crippen molar-refractivity contribution in [3.05, 3.63) is 144 Å². The predicted octanol–water partition coefficient (Wildman–Crippen LogP) is 5.16. The first kappa shape index (κ1) is 25.9. The Morgan fingerprint density at radius 1 is 0.730 bits per heavy atom. The van der Waals surface area contributed by atoms with Crippen molar-refractivity contribution >= 4 is 11.8 Å². The van der Waals surface area contributed by atoms with Crippen molar-refractivity contribution in [3.8, 4) is 0 Å². The number of hydrogen-bond donors (Lipinski definition) is 1. The van der Waals surface area contributed by atoms with Crippen molar-refractivity contribution in [2.75, 3.05) is 13.7 Å². The Hall–Kier alpha value is -4.22. The number of hydrogen-bond acceptors (Lipinski definition) is 3. The number of nitrogens with zero attached hydrogens (tertiary/aromatic N) is 1. The first-order valence-electron chi connectivity index (χ1n) is 12.4. The zero-order valence-electron chi connectivity index (χ0n) is 21.2. The molecule has 0 heterocycles. The maximum atomic E-state index is 13.8. The van der Waals surface area contributed by atoms with Crippen LogP contribution >= 0.6 is 0 Å². The Labute approximate surface area is 218 Å². The van der Waals surface area contributed by atoms with Gasteiger partial charge in [0.15, 0.2) is 0 Å². The van der Waals surface area contributed by atoms with E-state index < -0.39 is 11.6 Å². The molecule has 0 aliphatic rings. The Bertz CT molecular complexity index is 1180. The molecule has 0 saturated heterocycles. The number of ether oxygens (including phenoxy) is 1. The van der Waals surface area contributed by atoms with E-state index in [9.17, 15) is 9.59 Å². The molecule has 0 bridgehead atoms. The Morgan fingerprint density at radius 3 is 1.51 bits per heavy atom. The van der Waals surface area contributed by atoms with Gasteiger partial charge >= 0.3 is 0 Å². The van der Waals surface area contributed by atoms with Crippen LogP contribution in [0.5, 0.6) is 0 Å². The third-order valence-corrected chi connectivity index (χ3v) is 6.52. The van der Waals surface area contributed by atoms with Gasteiger partial charge in [-0.05, 0) is 22.3 Å². The number of benzene rings is 4. The number of rotatable bonds is 10. The summed E-state index contributed by atoms with van der Waals surface area (Å²) < 4.78 is 5.56. The largest absolute Gasteiger partial charge is 0.382 e. The van der Waals surface area contributed by atoms with E-state index in [4.69, 9.17) is 4.74 Å².